The van der Waals surface area contributed by atoms with Gasteiger partial charge in [-0.3, -0.25) is 0 Å². The van der Waals surface area contributed by atoms with Crippen molar-refractivity contribution in [1.29, 1.82) is 0 Å². The first kappa shape index (κ1) is 20.0. The highest BCUT2D eigenvalue weighted by atomic mass is 35.5. The highest BCUT2D eigenvalue weighted by Gasteiger charge is 2.24. The number of halogens is 1. The predicted molar refractivity (Wildman–Crippen MR) is 122 cm³/mol. The zero-order valence-corrected chi connectivity index (χ0v) is 18.1. The van der Waals surface area contributed by atoms with Gasteiger partial charge < -0.3 is 0 Å². The van der Waals surface area contributed by atoms with Gasteiger partial charge in [0.25, 0.3) is 0 Å². The molecule has 0 saturated heterocycles. The molecule has 2 aliphatic rings. The molecule has 2 aromatic rings. The molecule has 2 fully saturated rings. The molecule has 0 aromatic heterocycles. The van der Waals surface area contributed by atoms with Crippen molar-refractivity contribution in [2.75, 3.05) is 0 Å². The lowest BCUT2D eigenvalue weighted by atomic mass is 9.74. The zero-order valence-electron chi connectivity index (χ0n) is 17.4. The molecule has 0 spiro atoms. The summed E-state index contributed by atoms with van der Waals surface area (Å²) in [5.74, 6) is 3.78. The Hall–Kier alpha value is -1.27. The molecule has 0 radical (unpaired) electrons. The number of benzene rings is 2. The van der Waals surface area contributed by atoms with Crippen LogP contribution in [0.15, 0.2) is 48.5 Å². The average molecular weight is 395 g/mol. The van der Waals surface area contributed by atoms with Crippen molar-refractivity contribution >= 4 is 11.6 Å². The summed E-state index contributed by atoms with van der Waals surface area (Å²) in [6, 6.07) is 17.4. The molecule has 4 rings (SSSR count). The Morgan fingerprint density at radius 1 is 0.643 bits per heavy atom. The first-order valence-electron chi connectivity index (χ1n) is 11.5. The van der Waals surface area contributed by atoms with Gasteiger partial charge in [0.2, 0.25) is 0 Å². The lowest BCUT2D eigenvalue weighted by Gasteiger charge is -2.31. The standard InChI is InChI=1S/C27H35Cl/c1-20-2-4-21(5-3-20)6-7-22-8-10-23(11-9-22)24-12-14-25(15-13-24)26-16-18-27(28)19-17-26/h12-23H,2-11H2,1H3. The Morgan fingerprint density at radius 3 is 1.64 bits per heavy atom. The Bertz CT molecular complexity index is 714. The fourth-order valence-electron chi connectivity index (χ4n) is 5.46. The molecule has 28 heavy (non-hydrogen) atoms. The normalized spacial score (nSPS) is 28.2. The summed E-state index contributed by atoms with van der Waals surface area (Å²) in [7, 11) is 0. The summed E-state index contributed by atoms with van der Waals surface area (Å²) < 4.78 is 0. The summed E-state index contributed by atoms with van der Waals surface area (Å²) in [5, 5.41) is 0.801. The van der Waals surface area contributed by atoms with Crippen LogP contribution < -0.4 is 0 Å². The van der Waals surface area contributed by atoms with Crippen molar-refractivity contribution < 1.29 is 0 Å². The van der Waals surface area contributed by atoms with Crippen molar-refractivity contribution in [3.63, 3.8) is 0 Å². The van der Waals surface area contributed by atoms with Crippen LogP contribution in [0.25, 0.3) is 11.1 Å². The van der Waals surface area contributed by atoms with Gasteiger partial charge in [0, 0.05) is 5.02 Å². The van der Waals surface area contributed by atoms with Gasteiger partial charge in [-0.2, -0.15) is 0 Å². The lowest BCUT2D eigenvalue weighted by Crippen LogP contribution is -2.16. The van der Waals surface area contributed by atoms with Crippen LogP contribution in [0.3, 0.4) is 0 Å². The Balaban J connectivity index is 1.25. The minimum absolute atomic E-state index is 0.769. The van der Waals surface area contributed by atoms with E-state index in [4.69, 9.17) is 11.6 Å². The third-order valence-electron chi connectivity index (χ3n) is 7.52. The van der Waals surface area contributed by atoms with Crippen LogP contribution in [-0.4, -0.2) is 0 Å². The van der Waals surface area contributed by atoms with E-state index >= 15 is 0 Å². The van der Waals surface area contributed by atoms with Crippen LogP contribution in [0.2, 0.25) is 5.02 Å². The van der Waals surface area contributed by atoms with Gasteiger partial charge in [0.15, 0.2) is 0 Å². The van der Waals surface area contributed by atoms with Crippen LogP contribution in [0.4, 0.5) is 0 Å². The van der Waals surface area contributed by atoms with E-state index in [2.05, 4.69) is 43.3 Å². The highest BCUT2D eigenvalue weighted by molar-refractivity contribution is 6.30. The molecule has 2 aliphatic carbocycles. The average Bonchev–Trinajstić information content (AvgIpc) is 2.74. The molecule has 0 heterocycles. The third kappa shape index (κ3) is 5.20. The summed E-state index contributed by atoms with van der Waals surface area (Å²) in [4.78, 5) is 0. The smallest absolute Gasteiger partial charge is 0.0406 e. The molecule has 0 aliphatic heterocycles. The number of rotatable bonds is 5. The summed E-state index contributed by atoms with van der Waals surface area (Å²) >= 11 is 6.01. The van der Waals surface area contributed by atoms with Crippen molar-refractivity contribution in [2.45, 2.75) is 77.0 Å². The summed E-state index contributed by atoms with van der Waals surface area (Å²) in [6.07, 6.45) is 14.6. The van der Waals surface area contributed by atoms with Crippen LogP contribution in [0.1, 0.15) is 82.6 Å². The maximum absolute atomic E-state index is 6.01. The first-order chi connectivity index (χ1) is 13.7. The van der Waals surface area contributed by atoms with Gasteiger partial charge in [-0.25, -0.2) is 0 Å². The quantitative estimate of drug-likeness (QED) is 0.474. The van der Waals surface area contributed by atoms with E-state index in [0.29, 0.717) is 0 Å². The first-order valence-corrected chi connectivity index (χ1v) is 11.9. The van der Waals surface area contributed by atoms with Gasteiger partial charge in [0.05, 0.1) is 0 Å². The molecule has 1 heteroatoms. The summed E-state index contributed by atoms with van der Waals surface area (Å²) in [5.41, 5.74) is 4.07. The molecular formula is C27H35Cl. The fourth-order valence-corrected chi connectivity index (χ4v) is 5.59. The van der Waals surface area contributed by atoms with E-state index in [1.807, 2.05) is 12.1 Å². The monoisotopic (exact) mass is 394 g/mol. The minimum Gasteiger partial charge on any atom is -0.0843 e. The Labute approximate surface area is 176 Å². The maximum Gasteiger partial charge on any atom is 0.0406 e. The van der Waals surface area contributed by atoms with Crippen molar-refractivity contribution in [1.82, 2.24) is 0 Å². The zero-order chi connectivity index (χ0) is 19.3. The second-order valence-corrected chi connectivity index (χ2v) is 9.99. The van der Waals surface area contributed by atoms with Crippen LogP contribution in [0, 0.1) is 17.8 Å². The minimum atomic E-state index is 0.769. The number of hydrogen-bond donors (Lipinski definition) is 0. The largest absolute Gasteiger partial charge is 0.0843 e. The third-order valence-corrected chi connectivity index (χ3v) is 7.78. The lowest BCUT2D eigenvalue weighted by molar-refractivity contribution is 0.237. The molecule has 150 valence electrons. The molecule has 0 nitrogen and oxygen atoms in total. The molecular weight excluding hydrogens is 360 g/mol. The van der Waals surface area contributed by atoms with Crippen molar-refractivity contribution in [3.8, 4) is 11.1 Å². The van der Waals surface area contributed by atoms with E-state index < -0.39 is 0 Å². The van der Waals surface area contributed by atoms with E-state index in [1.165, 1.54) is 80.9 Å². The topological polar surface area (TPSA) is 0 Å². The van der Waals surface area contributed by atoms with Gasteiger partial charge in [-0.15, -0.1) is 0 Å². The van der Waals surface area contributed by atoms with E-state index in [9.17, 15) is 0 Å². The van der Waals surface area contributed by atoms with E-state index in [1.54, 1.807) is 0 Å². The number of hydrogen-bond acceptors (Lipinski definition) is 0. The molecule has 2 saturated carbocycles. The van der Waals surface area contributed by atoms with Crippen molar-refractivity contribution in [3.05, 3.63) is 59.1 Å². The second kappa shape index (κ2) is 9.49. The molecule has 0 bridgehead atoms. The van der Waals surface area contributed by atoms with Crippen LogP contribution in [-0.2, 0) is 0 Å². The Morgan fingerprint density at radius 2 is 1.11 bits per heavy atom. The van der Waals surface area contributed by atoms with E-state index in [-0.39, 0.29) is 0 Å². The predicted octanol–water partition coefficient (Wildman–Crippen LogP) is 8.89. The van der Waals surface area contributed by atoms with Gasteiger partial charge in [-0.05, 0) is 78.2 Å². The molecule has 0 atom stereocenters. The fraction of sp³-hybridized carbons (Fsp3) is 0.556. The molecule has 2 aromatic carbocycles. The van der Waals surface area contributed by atoms with E-state index in [0.717, 1.165) is 28.7 Å². The SMILES string of the molecule is CC1CCC(CCC2CCC(c3ccc(-c4ccc(Cl)cc4)cc3)CC2)CC1. The van der Waals surface area contributed by atoms with Crippen LogP contribution >= 0.6 is 11.6 Å². The van der Waals surface area contributed by atoms with Crippen molar-refractivity contribution in [2.24, 2.45) is 17.8 Å². The molecule has 0 N–H and O–H groups in total. The second-order valence-electron chi connectivity index (χ2n) is 9.55. The van der Waals surface area contributed by atoms with Gasteiger partial charge in [0.1, 0.15) is 0 Å². The van der Waals surface area contributed by atoms with Crippen LogP contribution in [0.5, 0.6) is 0 Å². The highest BCUT2D eigenvalue weighted by Crippen LogP contribution is 2.40. The Kier molecular flexibility index (Phi) is 6.78. The summed E-state index contributed by atoms with van der Waals surface area (Å²) in [6.45, 7) is 2.43. The van der Waals surface area contributed by atoms with Gasteiger partial charge in [-0.1, -0.05) is 93.4 Å². The molecule has 0 amide bonds. The molecule has 0 unspecified atom stereocenters. The van der Waals surface area contributed by atoms with Gasteiger partial charge >= 0.3 is 0 Å². The maximum atomic E-state index is 6.01.